The maximum absolute atomic E-state index is 4.44. The lowest BCUT2D eigenvalue weighted by Crippen LogP contribution is -2.33. The van der Waals surface area contributed by atoms with Gasteiger partial charge >= 0.3 is 0 Å². The molecule has 0 aromatic carbocycles. The number of hydrogen-bond donors (Lipinski definition) is 0. The third-order valence-corrected chi connectivity index (χ3v) is 2.57. The Morgan fingerprint density at radius 3 is 2.79 bits per heavy atom. The summed E-state index contributed by atoms with van der Waals surface area (Å²) in [6.45, 7) is 7.64. The highest BCUT2D eigenvalue weighted by Crippen LogP contribution is 2.28. The van der Waals surface area contributed by atoms with Crippen molar-refractivity contribution in [2.45, 2.75) is 20.8 Å². The zero-order valence-electron chi connectivity index (χ0n) is 8.99. The quantitative estimate of drug-likeness (QED) is 0.570. The summed E-state index contributed by atoms with van der Waals surface area (Å²) in [6, 6.07) is 0. The maximum atomic E-state index is 4.44. The second-order valence-corrected chi connectivity index (χ2v) is 4.72. The van der Waals surface area contributed by atoms with Crippen molar-refractivity contribution >= 4 is 5.84 Å². The Balaban J connectivity index is 2.28. The molecule has 0 radical (unpaired) electrons. The fraction of sp³-hybridized carbons (Fsp3) is 0.417. The monoisotopic (exact) mass is 188 g/mol. The number of rotatable bonds is 0. The van der Waals surface area contributed by atoms with Crippen molar-refractivity contribution in [3.8, 4) is 0 Å². The van der Waals surface area contributed by atoms with E-state index in [0.717, 1.165) is 12.4 Å². The van der Waals surface area contributed by atoms with E-state index >= 15 is 0 Å². The average Bonchev–Trinajstić information content (AvgIpc) is 2.16. The number of aliphatic imine (C=N–C) groups is 1. The Morgan fingerprint density at radius 1 is 1.29 bits per heavy atom. The second-order valence-electron chi connectivity index (χ2n) is 4.72. The molecule has 14 heavy (non-hydrogen) atoms. The van der Waals surface area contributed by atoms with Gasteiger partial charge in [0.25, 0.3) is 0 Å². The Bertz CT molecular complexity index is 351. The summed E-state index contributed by atoms with van der Waals surface area (Å²) in [5.41, 5.74) is 1.59. The molecular weight excluding hydrogens is 172 g/mol. The molecule has 2 heteroatoms. The van der Waals surface area contributed by atoms with Crippen molar-refractivity contribution in [1.29, 1.82) is 0 Å². The van der Waals surface area contributed by atoms with Crippen LogP contribution >= 0.6 is 0 Å². The first-order valence-electron chi connectivity index (χ1n) is 4.96. The van der Waals surface area contributed by atoms with Crippen LogP contribution in [0.4, 0.5) is 0 Å². The molecule has 0 unspecified atom stereocenters. The van der Waals surface area contributed by atoms with E-state index in [4.69, 9.17) is 0 Å². The van der Waals surface area contributed by atoms with Gasteiger partial charge in [-0.15, -0.1) is 0 Å². The van der Waals surface area contributed by atoms with Crippen LogP contribution in [0, 0.1) is 5.41 Å². The van der Waals surface area contributed by atoms with Crippen LogP contribution in [0.3, 0.4) is 0 Å². The minimum absolute atomic E-state index is 0.212. The van der Waals surface area contributed by atoms with Crippen molar-refractivity contribution in [1.82, 2.24) is 4.90 Å². The molecule has 0 aliphatic carbocycles. The van der Waals surface area contributed by atoms with Crippen molar-refractivity contribution in [2.75, 3.05) is 6.54 Å². The van der Waals surface area contributed by atoms with Gasteiger partial charge in [0.15, 0.2) is 0 Å². The Labute approximate surface area is 85.3 Å². The lowest BCUT2D eigenvalue weighted by atomic mass is 9.86. The molecule has 2 aliphatic heterocycles. The molecule has 0 N–H and O–H groups in total. The molecule has 74 valence electrons. The molecule has 2 aliphatic rings. The Kier molecular flexibility index (Phi) is 2.06. The van der Waals surface area contributed by atoms with Gasteiger partial charge in [-0.25, -0.2) is 4.99 Å². The molecule has 0 saturated carbocycles. The number of nitrogens with zero attached hydrogens (tertiary/aromatic N) is 2. The molecule has 2 nitrogen and oxygen atoms in total. The van der Waals surface area contributed by atoms with E-state index in [2.05, 4.69) is 36.9 Å². The summed E-state index contributed by atoms with van der Waals surface area (Å²) in [6.07, 6.45) is 10.2. The van der Waals surface area contributed by atoms with Gasteiger partial charge in [-0.2, -0.15) is 0 Å². The molecule has 0 aromatic heterocycles. The molecular formula is C12H16N2. The molecule has 0 aromatic rings. The summed E-state index contributed by atoms with van der Waals surface area (Å²) in [4.78, 5) is 6.62. The lowest BCUT2D eigenvalue weighted by Gasteiger charge is -2.32. The number of fused-ring (bicyclic) bond motifs is 1. The van der Waals surface area contributed by atoms with Gasteiger partial charge in [0.1, 0.15) is 5.84 Å². The smallest absolute Gasteiger partial charge is 0.132 e. The van der Waals surface area contributed by atoms with Gasteiger partial charge in [-0.3, -0.25) is 0 Å². The second kappa shape index (κ2) is 3.12. The van der Waals surface area contributed by atoms with Crippen LogP contribution in [0.2, 0.25) is 0 Å². The number of amidine groups is 1. The van der Waals surface area contributed by atoms with E-state index < -0.39 is 0 Å². The molecule has 0 bridgehead atoms. The van der Waals surface area contributed by atoms with Crippen LogP contribution in [0.1, 0.15) is 20.8 Å². The first kappa shape index (κ1) is 9.25. The highest BCUT2D eigenvalue weighted by molar-refractivity contribution is 5.96. The third-order valence-electron chi connectivity index (χ3n) is 2.57. The normalized spacial score (nSPS) is 20.4. The number of hydrogen-bond acceptors (Lipinski definition) is 2. The molecule has 2 heterocycles. The Morgan fingerprint density at radius 2 is 2.07 bits per heavy atom. The fourth-order valence-electron chi connectivity index (χ4n) is 1.52. The van der Waals surface area contributed by atoms with Gasteiger partial charge in [-0.05, 0) is 23.1 Å². The summed E-state index contributed by atoms with van der Waals surface area (Å²) in [7, 11) is 0. The Hall–Kier alpha value is -1.31. The van der Waals surface area contributed by atoms with Crippen LogP contribution in [0.15, 0.2) is 41.2 Å². The van der Waals surface area contributed by atoms with Crippen molar-refractivity contribution in [2.24, 2.45) is 10.4 Å². The molecule has 0 spiro atoms. The summed E-state index contributed by atoms with van der Waals surface area (Å²) < 4.78 is 0. The summed E-state index contributed by atoms with van der Waals surface area (Å²) >= 11 is 0. The van der Waals surface area contributed by atoms with Crippen LogP contribution in [-0.4, -0.2) is 17.3 Å². The summed E-state index contributed by atoms with van der Waals surface area (Å²) in [5, 5.41) is 0. The fourth-order valence-corrected chi connectivity index (χ4v) is 1.52. The largest absolute Gasteiger partial charge is 0.329 e. The summed E-state index contributed by atoms with van der Waals surface area (Å²) in [5.74, 6) is 1.04. The molecule has 0 amide bonds. The van der Waals surface area contributed by atoms with Crippen LogP contribution in [0.5, 0.6) is 0 Å². The molecule has 0 atom stereocenters. The van der Waals surface area contributed by atoms with Crippen molar-refractivity contribution < 1.29 is 0 Å². The van der Waals surface area contributed by atoms with Crippen molar-refractivity contribution in [3.63, 3.8) is 0 Å². The minimum atomic E-state index is 0.212. The van der Waals surface area contributed by atoms with E-state index in [-0.39, 0.29) is 5.41 Å². The first-order chi connectivity index (χ1) is 6.57. The molecule has 2 rings (SSSR count). The van der Waals surface area contributed by atoms with Crippen LogP contribution < -0.4 is 0 Å². The maximum Gasteiger partial charge on any atom is 0.132 e. The van der Waals surface area contributed by atoms with Gasteiger partial charge in [0.2, 0.25) is 0 Å². The van der Waals surface area contributed by atoms with Crippen LogP contribution in [0.25, 0.3) is 0 Å². The van der Waals surface area contributed by atoms with E-state index in [9.17, 15) is 0 Å². The molecule has 0 fully saturated rings. The highest BCUT2D eigenvalue weighted by Gasteiger charge is 2.23. The first-order valence-corrected chi connectivity index (χ1v) is 4.96. The third kappa shape index (κ3) is 1.65. The van der Waals surface area contributed by atoms with Gasteiger partial charge < -0.3 is 4.90 Å². The predicted octanol–water partition coefficient (Wildman–Crippen LogP) is 2.71. The standard InChI is InChI=1S/C12H16N2/c1-12(2,3)10-8-13-11-6-4-5-7-14(11)9-10/h4-8H,9H2,1-3H3. The molecule has 0 saturated heterocycles. The zero-order chi connectivity index (χ0) is 10.2. The number of allylic oxidation sites excluding steroid dienone is 2. The lowest BCUT2D eigenvalue weighted by molar-refractivity contribution is 0.442. The zero-order valence-corrected chi connectivity index (χ0v) is 8.99. The highest BCUT2D eigenvalue weighted by atomic mass is 15.2. The van der Waals surface area contributed by atoms with Gasteiger partial charge in [0.05, 0.1) is 0 Å². The average molecular weight is 188 g/mol. The van der Waals surface area contributed by atoms with Crippen LogP contribution in [-0.2, 0) is 0 Å². The van der Waals surface area contributed by atoms with E-state index in [0.29, 0.717) is 0 Å². The minimum Gasteiger partial charge on any atom is -0.329 e. The topological polar surface area (TPSA) is 15.6 Å². The predicted molar refractivity (Wildman–Crippen MR) is 60.0 cm³/mol. The van der Waals surface area contributed by atoms with E-state index in [1.807, 2.05) is 24.4 Å². The van der Waals surface area contributed by atoms with Gasteiger partial charge in [-0.1, -0.05) is 26.8 Å². The van der Waals surface area contributed by atoms with E-state index in [1.54, 1.807) is 0 Å². The van der Waals surface area contributed by atoms with Gasteiger partial charge in [0, 0.05) is 18.9 Å². The van der Waals surface area contributed by atoms with E-state index in [1.165, 1.54) is 5.57 Å². The van der Waals surface area contributed by atoms with Crippen molar-refractivity contribution in [3.05, 3.63) is 36.2 Å². The SMILES string of the molecule is CC(C)(C)C1=CN=C2C=CC=CN2C1.